The van der Waals surface area contributed by atoms with Crippen molar-refractivity contribution in [3.8, 4) is 6.07 Å². The fourth-order valence-corrected chi connectivity index (χ4v) is 2.48. The van der Waals surface area contributed by atoms with Gasteiger partial charge in [-0.05, 0) is 36.2 Å². The number of hydrogen-bond donors (Lipinski definition) is 1. The molecule has 19 heavy (non-hydrogen) atoms. The molecular formula is C16H15BrN2. The second kappa shape index (κ2) is 6.40. The summed E-state index contributed by atoms with van der Waals surface area (Å²) in [4.78, 5) is 0. The van der Waals surface area contributed by atoms with Crippen LogP contribution < -0.4 is 5.32 Å². The Balaban J connectivity index is 2.24. The first-order valence-corrected chi connectivity index (χ1v) is 6.94. The first-order valence-electron chi connectivity index (χ1n) is 6.15. The lowest BCUT2D eigenvalue weighted by atomic mass is 10.0. The molecule has 2 aromatic carbocycles. The topological polar surface area (TPSA) is 35.8 Å². The molecular weight excluding hydrogens is 300 g/mol. The van der Waals surface area contributed by atoms with Crippen molar-refractivity contribution < 1.29 is 0 Å². The third-order valence-corrected chi connectivity index (χ3v) is 3.51. The van der Waals surface area contributed by atoms with Crippen LogP contribution in [0, 0.1) is 18.3 Å². The van der Waals surface area contributed by atoms with Crippen LogP contribution in [-0.4, -0.2) is 0 Å². The molecule has 0 heterocycles. The molecule has 2 rings (SSSR count). The summed E-state index contributed by atoms with van der Waals surface area (Å²) in [5.74, 6) is 0. The van der Waals surface area contributed by atoms with E-state index in [0.717, 1.165) is 21.3 Å². The second-order valence-corrected chi connectivity index (χ2v) is 5.34. The number of hydrogen-bond acceptors (Lipinski definition) is 2. The highest BCUT2D eigenvalue weighted by Crippen LogP contribution is 2.26. The predicted octanol–water partition coefficient (Wildman–Crippen LogP) is 4.82. The summed E-state index contributed by atoms with van der Waals surface area (Å²) < 4.78 is 1.06. The van der Waals surface area contributed by atoms with E-state index in [1.54, 1.807) is 0 Å². The molecule has 0 bridgehead atoms. The maximum absolute atomic E-state index is 8.99. The number of aryl methyl sites for hydroxylation is 1. The number of nitriles is 1. The van der Waals surface area contributed by atoms with E-state index in [-0.39, 0.29) is 6.04 Å². The molecule has 2 nitrogen and oxygen atoms in total. The van der Waals surface area contributed by atoms with E-state index >= 15 is 0 Å². The number of nitrogens with one attached hydrogen (secondary N) is 1. The van der Waals surface area contributed by atoms with Gasteiger partial charge in [-0.1, -0.05) is 46.3 Å². The first kappa shape index (κ1) is 13.6. The molecule has 0 spiro atoms. The van der Waals surface area contributed by atoms with E-state index < -0.39 is 0 Å². The minimum Gasteiger partial charge on any atom is -0.377 e. The number of rotatable bonds is 4. The summed E-state index contributed by atoms with van der Waals surface area (Å²) in [5, 5.41) is 12.4. The molecule has 0 aliphatic heterocycles. The highest BCUT2D eigenvalue weighted by molar-refractivity contribution is 9.10. The summed E-state index contributed by atoms with van der Waals surface area (Å²) >= 11 is 3.46. The highest BCUT2D eigenvalue weighted by Gasteiger charge is 2.11. The van der Waals surface area contributed by atoms with Crippen molar-refractivity contribution in [3.05, 3.63) is 64.1 Å². The van der Waals surface area contributed by atoms with Crippen LogP contribution >= 0.6 is 15.9 Å². The van der Waals surface area contributed by atoms with Gasteiger partial charge in [-0.15, -0.1) is 0 Å². The molecule has 96 valence electrons. The summed E-state index contributed by atoms with van der Waals surface area (Å²) in [6, 6.07) is 18.4. The van der Waals surface area contributed by atoms with Crippen LogP contribution in [0.5, 0.6) is 0 Å². The third kappa shape index (κ3) is 3.59. The van der Waals surface area contributed by atoms with Gasteiger partial charge in [0.2, 0.25) is 0 Å². The highest BCUT2D eigenvalue weighted by atomic mass is 79.9. The molecule has 0 radical (unpaired) electrons. The Labute approximate surface area is 122 Å². The minimum absolute atomic E-state index is 0.0195. The van der Waals surface area contributed by atoms with Crippen LogP contribution in [0.2, 0.25) is 0 Å². The van der Waals surface area contributed by atoms with E-state index in [1.807, 2.05) is 42.5 Å². The summed E-state index contributed by atoms with van der Waals surface area (Å²) in [7, 11) is 0. The summed E-state index contributed by atoms with van der Waals surface area (Å²) in [5.41, 5.74) is 3.35. The lowest BCUT2D eigenvalue weighted by Gasteiger charge is -2.19. The molecule has 0 saturated carbocycles. The van der Waals surface area contributed by atoms with Gasteiger partial charge < -0.3 is 5.32 Å². The molecule has 3 heteroatoms. The monoisotopic (exact) mass is 314 g/mol. The molecule has 2 aromatic rings. The number of halogens is 1. The van der Waals surface area contributed by atoms with Crippen molar-refractivity contribution >= 4 is 21.6 Å². The predicted molar refractivity (Wildman–Crippen MR) is 81.9 cm³/mol. The van der Waals surface area contributed by atoms with Crippen molar-refractivity contribution in [3.63, 3.8) is 0 Å². The van der Waals surface area contributed by atoms with Crippen molar-refractivity contribution in [1.82, 2.24) is 0 Å². The van der Waals surface area contributed by atoms with Gasteiger partial charge in [0, 0.05) is 10.2 Å². The van der Waals surface area contributed by atoms with Crippen molar-refractivity contribution in [1.29, 1.82) is 5.26 Å². The van der Waals surface area contributed by atoms with Crippen LogP contribution in [0.15, 0.2) is 53.0 Å². The maximum atomic E-state index is 8.99. The number of nitrogens with zero attached hydrogens (tertiary/aromatic N) is 1. The van der Waals surface area contributed by atoms with Gasteiger partial charge in [0.25, 0.3) is 0 Å². The average Bonchev–Trinajstić information content (AvgIpc) is 2.42. The molecule has 0 aliphatic carbocycles. The zero-order valence-electron chi connectivity index (χ0n) is 10.7. The Morgan fingerprint density at radius 3 is 2.58 bits per heavy atom. The van der Waals surface area contributed by atoms with Crippen molar-refractivity contribution in [2.45, 2.75) is 19.4 Å². The number of anilines is 1. The maximum Gasteiger partial charge on any atom is 0.0647 e. The molecule has 0 aromatic heterocycles. The molecule has 0 aliphatic rings. The van der Waals surface area contributed by atoms with E-state index in [1.165, 1.54) is 0 Å². The fourth-order valence-electron chi connectivity index (χ4n) is 2.01. The lowest BCUT2D eigenvalue weighted by Crippen LogP contribution is -2.10. The SMILES string of the molecule is Cc1cc(Br)ccc1NC(CC#N)c1ccccc1. The van der Waals surface area contributed by atoms with E-state index in [0.29, 0.717) is 6.42 Å². The van der Waals surface area contributed by atoms with Gasteiger partial charge in [-0.2, -0.15) is 5.26 Å². The van der Waals surface area contributed by atoms with Crippen LogP contribution in [-0.2, 0) is 0 Å². The molecule has 0 saturated heterocycles. The Bertz CT molecular complexity index is 587. The summed E-state index contributed by atoms with van der Waals surface area (Å²) in [6.45, 7) is 2.06. The summed E-state index contributed by atoms with van der Waals surface area (Å²) in [6.07, 6.45) is 0.444. The van der Waals surface area contributed by atoms with Crippen molar-refractivity contribution in [2.75, 3.05) is 5.32 Å². The zero-order valence-corrected chi connectivity index (χ0v) is 12.3. The Morgan fingerprint density at radius 2 is 1.95 bits per heavy atom. The van der Waals surface area contributed by atoms with Gasteiger partial charge in [-0.3, -0.25) is 0 Å². The molecule has 1 atom stereocenters. The lowest BCUT2D eigenvalue weighted by molar-refractivity contribution is 0.805. The molecule has 0 fully saturated rings. The number of benzene rings is 2. The smallest absolute Gasteiger partial charge is 0.0647 e. The second-order valence-electron chi connectivity index (χ2n) is 4.43. The molecule has 1 unspecified atom stereocenters. The van der Waals surface area contributed by atoms with Crippen LogP contribution in [0.25, 0.3) is 0 Å². The quantitative estimate of drug-likeness (QED) is 0.877. The van der Waals surface area contributed by atoms with Crippen LogP contribution in [0.3, 0.4) is 0 Å². The average molecular weight is 315 g/mol. The minimum atomic E-state index is 0.0195. The molecule has 1 N–H and O–H groups in total. The molecule has 0 amide bonds. The van der Waals surface area contributed by atoms with Gasteiger partial charge in [-0.25, -0.2) is 0 Å². The van der Waals surface area contributed by atoms with Crippen molar-refractivity contribution in [2.24, 2.45) is 0 Å². The van der Waals surface area contributed by atoms with Gasteiger partial charge >= 0.3 is 0 Å². The first-order chi connectivity index (χ1) is 9.20. The normalized spacial score (nSPS) is 11.6. The van der Waals surface area contributed by atoms with Crippen LogP contribution in [0.4, 0.5) is 5.69 Å². The largest absolute Gasteiger partial charge is 0.377 e. The Kier molecular flexibility index (Phi) is 4.59. The van der Waals surface area contributed by atoms with E-state index in [2.05, 4.69) is 40.3 Å². The standard InChI is InChI=1S/C16H15BrN2/c1-12-11-14(17)7-8-15(12)19-16(9-10-18)13-5-3-2-4-6-13/h2-8,11,16,19H,9H2,1H3. The Hall–Kier alpha value is -1.79. The van der Waals surface area contributed by atoms with E-state index in [4.69, 9.17) is 5.26 Å². The van der Waals surface area contributed by atoms with Crippen LogP contribution in [0.1, 0.15) is 23.6 Å². The zero-order chi connectivity index (χ0) is 13.7. The van der Waals surface area contributed by atoms with Gasteiger partial charge in [0.15, 0.2) is 0 Å². The Morgan fingerprint density at radius 1 is 1.21 bits per heavy atom. The van der Waals surface area contributed by atoms with E-state index in [9.17, 15) is 0 Å². The van der Waals surface area contributed by atoms with Gasteiger partial charge in [0.1, 0.15) is 0 Å². The third-order valence-electron chi connectivity index (χ3n) is 3.02. The fraction of sp³-hybridized carbons (Fsp3) is 0.188. The van der Waals surface area contributed by atoms with Gasteiger partial charge in [0.05, 0.1) is 18.5 Å².